The molecule has 0 heterocycles. The molecule has 0 aliphatic carbocycles. The molecule has 5 nitrogen and oxygen atoms in total. The molecule has 28 heavy (non-hydrogen) atoms. The molecule has 0 saturated heterocycles. The summed E-state index contributed by atoms with van der Waals surface area (Å²) in [6.07, 6.45) is 1.48. The Labute approximate surface area is 163 Å². The fourth-order valence-corrected chi connectivity index (χ4v) is 2.69. The first-order valence-electron chi connectivity index (χ1n) is 8.86. The molecule has 0 bridgehead atoms. The van der Waals surface area contributed by atoms with Gasteiger partial charge in [0.05, 0.1) is 6.21 Å². The van der Waals surface area contributed by atoms with Crippen molar-refractivity contribution in [3.63, 3.8) is 0 Å². The Bertz CT molecular complexity index is 964. The van der Waals surface area contributed by atoms with Crippen LogP contribution in [0.1, 0.15) is 16.7 Å². The summed E-state index contributed by atoms with van der Waals surface area (Å²) in [6.45, 7) is 2.14. The molecule has 0 aliphatic heterocycles. The minimum atomic E-state index is -1.06. The van der Waals surface area contributed by atoms with Gasteiger partial charge in [-0.05, 0) is 41.3 Å². The van der Waals surface area contributed by atoms with E-state index in [-0.39, 0.29) is 0 Å². The third-order valence-electron chi connectivity index (χ3n) is 4.03. The number of carboxylic acids is 1. The number of nitrogens with zero attached hydrogens (tertiary/aromatic N) is 1. The molecule has 0 aliphatic rings. The smallest absolute Gasteiger partial charge is 0.344 e. The zero-order valence-electron chi connectivity index (χ0n) is 15.5. The number of ether oxygens (including phenoxy) is 1. The molecular weight excluding hydrogens is 354 g/mol. The highest BCUT2D eigenvalue weighted by molar-refractivity contribution is 5.80. The van der Waals surface area contributed by atoms with Crippen LogP contribution in [0.3, 0.4) is 0 Å². The fraction of sp³-hybridized carbons (Fsp3) is 0.130. The topological polar surface area (TPSA) is 68.1 Å². The van der Waals surface area contributed by atoms with Gasteiger partial charge in [0.25, 0.3) is 0 Å². The largest absolute Gasteiger partial charge is 0.489 e. The first-order valence-corrected chi connectivity index (χ1v) is 8.86. The van der Waals surface area contributed by atoms with Crippen molar-refractivity contribution < 1.29 is 19.5 Å². The Morgan fingerprint density at radius 3 is 2.54 bits per heavy atom. The molecule has 1 N–H and O–H groups in total. The lowest BCUT2D eigenvalue weighted by atomic mass is 10.0. The molecule has 3 aromatic carbocycles. The minimum absolute atomic E-state index is 0.454. The van der Waals surface area contributed by atoms with Crippen molar-refractivity contribution in [2.24, 2.45) is 5.16 Å². The Morgan fingerprint density at radius 2 is 1.79 bits per heavy atom. The van der Waals surface area contributed by atoms with Gasteiger partial charge in [-0.2, -0.15) is 0 Å². The summed E-state index contributed by atoms with van der Waals surface area (Å²) in [5.74, 6) is -0.247. The van der Waals surface area contributed by atoms with E-state index in [4.69, 9.17) is 9.84 Å². The lowest BCUT2D eigenvalue weighted by molar-refractivity contribution is -0.142. The first kappa shape index (κ1) is 19.2. The Morgan fingerprint density at radius 1 is 1.00 bits per heavy atom. The zero-order valence-corrected chi connectivity index (χ0v) is 15.5. The van der Waals surface area contributed by atoms with Gasteiger partial charge in [-0.3, -0.25) is 0 Å². The number of carbonyl (C=O) groups is 1. The summed E-state index contributed by atoms with van der Waals surface area (Å²) in [5, 5.41) is 12.1. The van der Waals surface area contributed by atoms with Crippen LogP contribution in [0.4, 0.5) is 0 Å². The van der Waals surface area contributed by atoms with Gasteiger partial charge < -0.3 is 14.7 Å². The van der Waals surface area contributed by atoms with E-state index in [0.29, 0.717) is 6.61 Å². The van der Waals surface area contributed by atoms with E-state index in [1.807, 2.05) is 54.6 Å². The third-order valence-corrected chi connectivity index (χ3v) is 4.03. The van der Waals surface area contributed by atoms with Gasteiger partial charge in [-0.25, -0.2) is 4.79 Å². The van der Waals surface area contributed by atoms with E-state index in [2.05, 4.69) is 35.1 Å². The Balaban J connectivity index is 1.63. The van der Waals surface area contributed by atoms with Gasteiger partial charge in [0, 0.05) is 0 Å². The highest BCUT2D eigenvalue weighted by atomic mass is 16.6. The lowest BCUT2D eigenvalue weighted by Gasteiger charge is -2.09. The van der Waals surface area contributed by atoms with Crippen LogP contribution in [-0.2, 0) is 16.2 Å². The predicted octanol–water partition coefficient (Wildman–Crippen LogP) is 4.68. The second-order valence-electron chi connectivity index (χ2n) is 6.33. The number of carboxylic acid groups (broad SMARTS) is 1. The second kappa shape index (κ2) is 9.37. The van der Waals surface area contributed by atoms with E-state index < -0.39 is 12.6 Å². The third kappa shape index (κ3) is 5.71. The van der Waals surface area contributed by atoms with Crippen LogP contribution in [0, 0.1) is 6.92 Å². The summed E-state index contributed by atoms with van der Waals surface area (Å²) < 4.78 is 5.93. The standard InChI is InChI=1S/C23H21NO4/c1-17-4-2-5-19(12-17)15-27-22-7-3-6-21(13-22)20-10-8-18(9-11-20)14-24-28-16-23(25)26/h2-14H,15-16H2,1H3,(H,25,26). The molecule has 0 unspecified atom stereocenters. The number of hydrogen-bond acceptors (Lipinski definition) is 4. The fourth-order valence-electron chi connectivity index (χ4n) is 2.69. The Hall–Kier alpha value is -3.60. The van der Waals surface area contributed by atoms with Gasteiger partial charge in [0.15, 0.2) is 0 Å². The van der Waals surface area contributed by atoms with Gasteiger partial charge in [-0.15, -0.1) is 0 Å². The molecule has 0 fully saturated rings. The summed E-state index contributed by atoms with van der Waals surface area (Å²) in [4.78, 5) is 15.0. The SMILES string of the molecule is Cc1cccc(COc2cccc(-c3ccc(C=NOCC(=O)O)cc3)c2)c1. The number of hydrogen-bond donors (Lipinski definition) is 1. The van der Waals surface area contributed by atoms with E-state index in [1.165, 1.54) is 11.8 Å². The van der Waals surface area contributed by atoms with Crippen LogP contribution in [0.5, 0.6) is 5.75 Å². The molecule has 0 spiro atoms. The molecule has 0 atom stereocenters. The molecular formula is C23H21NO4. The van der Waals surface area contributed by atoms with Gasteiger partial charge >= 0.3 is 5.97 Å². The number of benzene rings is 3. The predicted molar refractivity (Wildman–Crippen MR) is 109 cm³/mol. The van der Waals surface area contributed by atoms with Gasteiger partial charge in [0.2, 0.25) is 6.61 Å². The molecule has 0 radical (unpaired) electrons. The summed E-state index contributed by atoms with van der Waals surface area (Å²) in [5.41, 5.74) is 5.27. The summed E-state index contributed by atoms with van der Waals surface area (Å²) >= 11 is 0. The monoisotopic (exact) mass is 375 g/mol. The van der Waals surface area contributed by atoms with E-state index in [1.54, 1.807) is 0 Å². The quantitative estimate of drug-likeness (QED) is 0.459. The van der Waals surface area contributed by atoms with Crippen molar-refractivity contribution in [1.29, 1.82) is 0 Å². The highest BCUT2D eigenvalue weighted by Gasteiger charge is 2.02. The Kier molecular flexibility index (Phi) is 6.41. The van der Waals surface area contributed by atoms with Crippen molar-refractivity contribution in [1.82, 2.24) is 0 Å². The lowest BCUT2D eigenvalue weighted by Crippen LogP contribution is -2.03. The normalized spacial score (nSPS) is 10.8. The van der Waals surface area contributed by atoms with E-state index >= 15 is 0 Å². The molecule has 3 rings (SSSR count). The van der Waals surface area contributed by atoms with Crippen LogP contribution in [0.2, 0.25) is 0 Å². The molecule has 0 saturated carbocycles. The zero-order chi connectivity index (χ0) is 19.8. The minimum Gasteiger partial charge on any atom is -0.489 e. The van der Waals surface area contributed by atoms with Crippen molar-refractivity contribution in [3.05, 3.63) is 89.5 Å². The van der Waals surface area contributed by atoms with Crippen LogP contribution in [0.25, 0.3) is 11.1 Å². The summed E-state index contributed by atoms with van der Waals surface area (Å²) in [7, 11) is 0. The molecule has 0 aromatic heterocycles. The number of oxime groups is 1. The average Bonchev–Trinajstić information content (AvgIpc) is 2.70. The highest BCUT2D eigenvalue weighted by Crippen LogP contribution is 2.24. The summed E-state index contributed by atoms with van der Waals surface area (Å²) in [6, 6.07) is 23.9. The number of rotatable bonds is 8. The van der Waals surface area contributed by atoms with Gasteiger partial charge in [0.1, 0.15) is 12.4 Å². The molecule has 3 aromatic rings. The van der Waals surface area contributed by atoms with Crippen LogP contribution in [-0.4, -0.2) is 23.9 Å². The molecule has 0 amide bonds. The number of aryl methyl sites for hydroxylation is 1. The maximum Gasteiger partial charge on any atom is 0.344 e. The first-order chi connectivity index (χ1) is 13.6. The number of aliphatic carboxylic acids is 1. The van der Waals surface area contributed by atoms with Crippen LogP contribution in [0.15, 0.2) is 78.0 Å². The van der Waals surface area contributed by atoms with Gasteiger partial charge in [-0.1, -0.05) is 71.4 Å². The van der Waals surface area contributed by atoms with Crippen molar-refractivity contribution in [2.75, 3.05) is 6.61 Å². The maximum absolute atomic E-state index is 10.4. The maximum atomic E-state index is 10.4. The van der Waals surface area contributed by atoms with Crippen molar-refractivity contribution in [3.8, 4) is 16.9 Å². The van der Waals surface area contributed by atoms with Crippen LogP contribution >= 0.6 is 0 Å². The van der Waals surface area contributed by atoms with Crippen molar-refractivity contribution in [2.45, 2.75) is 13.5 Å². The van der Waals surface area contributed by atoms with Crippen molar-refractivity contribution >= 4 is 12.2 Å². The average molecular weight is 375 g/mol. The molecule has 142 valence electrons. The van der Waals surface area contributed by atoms with E-state index in [9.17, 15) is 4.79 Å². The van der Waals surface area contributed by atoms with Crippen LogP contribution < -0.4 is 4.74 Å². The van der Waals surface area contributed by atoms with E-state index in [0.717, 1.165) is 28.0 Å². The second-order valence-corrected chi connectivity index (χ2v) is 6.33. The molecule has 5 heteroatoms.